The fourth-order valence-corrected chi connectivity index (χ4v) is 5.73. The Balaban J connectivity index is 1.55. The number of aryl methyl sites for hydroxylation is 3. The number of ether oxygens (including phenoxy) is 2. The summed E-state index contributed by atoms with van der Waals surface area (Å²) in [6.07, 6.45) is 4.57. The lowest BCUT2D eigenvalue weighted by Crippen LogP contribution is -2.13. The molecule has 0 aliphatic rings. The molecule has 0 aliphatic carbocycles. The van der Waals surface area contributed by atoms with E-state index >= 15 is 0 Å². The van der Waals surface area contributed by atoms with E-state index in [0.717, 1.165) is 38.8 Å². The van der Waals surface area contributed by atoms with Crippen LogP contribution in [-0.4, -0.2) is 35.5 Å². The number of nitrogens with zero attached hydrogens (tertiary/aromatic N) is 4. The molecule has 0 atom stereocenters. The summed E-state index contributed by atoms with van der Waals surface area (Å²) >= 11 is 6.54. The van der Waals surface area contributed by atoms with Crippen molar-refractivity contribution < 1.29 is 17.9 Å². The molecule has 43 heavy (non-hydrogen) atoms. The number of hydrogen-bond acceptors (Lipinski definition) is 8. The van der Waals surface area contributed by atoms with Crippen LogP contribution >= 0.6 is 11.6 Å². The van der Waals surface area contributed by atoms with Crippen LogP contribution in [0.4, 0.5) is 5.82 Å². The van der Waals surface area contributed by atoms with E-state index in [-0.39, 0.29) is 34.1 Å². The first-order chi connectivity index (χ1) is 20.6. The molecule has 218 valence electrons. The maximum Gasteiger partial charge on any atom is 0.256 e. The fraction of sp³-hybridized carbons (Fsp3) is 0.125. The van der Waals surface area contributed by atoms with Crippen LogP contribution in [0.15, 0.2) is 84.5 Å². The Morgan fingerprint density at radius 2 is 1.49 bits per heavy atom. The van der Waals surface area contributed by atoms with E-state index in [1.54, 1.807) is 36.4 Å². The Hall–Kier alpha value is -4.80. The summed E-state index contributed by atoms with van der Waals surface area (Å²) in [5.74, 6) is 0.539. The van der Waals surface area contributed by atoms with Gasteiger partial charge in [0.2, 0.25) is 11.6 Å². The second-order valence-electron chi connectivity index (χ2n) is 9.65. The molecule has 3 aromatic carbocycles. The molecule has 2 heterocycles. The van der Waals surface area contributed by atoms with Gasteiger partial charge in [0.25, 0.3) is 10.0 Å². The summed E-state index contributed by atoms with van der Waals surface area (Å²) in [6.45, 7) is 6.14. The van der Waals surface area contributed by atoms with Gasteiger partial charge in [-0.3, -0.25) is 4.72 Å². The highest BCUT2D eigenvalue weighted by atomic mass is 35.5. The number of anilines is 1. The van der Waals surface area contributed by atoms with Crippen LogP contribution in [0, 0.1) is 20.8 Å². The van der Waals surface area contributed by atoms with Gasteiger partial charge in [-0.1, -0.05) is 65.7 Å². The largest absolute Gasteiger partial charge is 0.493 e. The van der Waals surface area contributed by atoms with E-state index in [9.17, 15) is 8.42 Å². The number of rotatable bonds is 9. The minimum absolute atomic E-state index is 0.00956. The lowest BCUT2D eigenvalue weighted by atomic mass is 9.91. The Morgan fingerprint density at radius 1 is 0.837 bits per heavy atom. The number of aromatic nitrogens is 4. The first-order valence-corrected chi connectivity index (χ1v) is 15.1. The Bertz CT molecular complexity index is 1910. The van der Waals surface area contributed by atoms with Gasteiger partial charge in [0, 0.05) is 12.4 Å². The second kappa shape index (κ2) is 12.6. The first-order valence-electron chi connectivity index (χ1n) is 13.2. The number of halogens is 1. The summed E-state index contributed by atoms with van der Waals surface area (Å²) in [5, 5.41) is 0.924. The number of hydrogen-bond donors (Lipinski definition) is 1. The Morgan fingerprint density at radius 3 is 2.19 bits per heavy atom. The molecule has 11 heteroatoms. The highest BCUT2D eigenvalue weighted by molar-refractivity contribution is 7.95. The molecule has 0 aliphatic heterocycles. The molecule has 5 rings (SSSR count). The van der Waals surface area contributed by atoms with Crippen molar-refractivity contribution in [2.24, 2.45) is 0 Å². The molecule has 0 bridgehead atoms. The molecule has 0 spiro atoms. The minimum Gasteiger partial charge on any atom is -0.493 e. The van der Waals surface area contributed by atoms with Gasteiger partial charge in [0.05, 0.1) is 12.5 Å². The quantitative estimate of drug-likeness (QED) is 0.171. The van der Waals surface area contributed by atoms with Gasteiger partial charge in [-0.05, 0) is 72.9 Å². The Kier molecular flexibility index (Phi) is 8.70. The average molecular weight is 614 g/mol. The summed E-state index contributed by atoms with van der Waals surface area (Å²) in [5.41, 5.74) is 6.06. The second-order valence-corrected chi connectivity index (χ2v) is 11.6. The maximum absolute atomic E-state index is 13.5. The third kappa shape index (κ3) is 6.82. The zero-order valence-corrected chi connectivity index (χ0v) is 25.4. The normalized spacial score (nSPS) is 11.5. The van der Waals surface area contributed by atoms with Crippen molar-refractivity contribution in [1.29, 1.82) is 0 Å². The molecule has 0 fully saturated rings. The van der Waals surface area contributed by atoms with Gasteiger partial charge in [-0.15, -0.1) is 0 Å². The van der Waals surface area contributed by atoms with Crippen LogP contribution in [-0.2, 0) is 10.0 Å². The van der Waals surface area contributed by atoms with E-state index in [2.05, 4.69) is 43.7 Å². The molecule has 0 saturated carbocycles. The number of methoxy groups -OCH3 is 1. The average Bonchev–Trinajstić information content (AvgIpc) is 2.98. The van der Waals surface area contributed by atoms with Crippen LogP contribution in [0.5, 0.6) is 17.2 Å². The lowest BCUT2D eigenvalue weighted by molar-refractivity contribution is 0.378. The van der Waals surface area contributed by atoms with Gasteiger partial charge in [-0.25, -0.2) is 28.4 Å². The zero-order valence-electron chi connectivity index (χ0n) is 23.9. The van der Waals surface area contributed by atoms with Crippen molar-refractivity contribution >= 4 is 33.5 Å². The predicted octanol–water partition coefficient (Wildman–Crippen LogP) is 7.39. The van der Waals surface area contributed by atoms with Crippen molar-refractivity contribution in [2.75, 3.05) is 11.8 Å². The monoisotopic (exact) mass is 613 g/mol. The lowest BCUT2D eigenvalue weighted by Gasteiger charge is -2.15. The molecule has 2 aromatic heterocycles. The number of nitrogens with one attached hydrogen (secondary N) is 1. The molecule has 0 unspecified atom stereocenters. The molecule has 9 nitrogen and oxygen atoms in total. The number of benzene rings is 3. The van der Waals surface area contributed by atoms with Crippen LogP contribution in [0.2, 0.25) is 5.15 Å². The molecule has 0 amide bonds. The van der Waals surface area contributed by atoms with Crippen LogP contribution < -0.4 is 14.2 Å². The van der Waals surface area contributed by atoms with Crippen molar-refractivity contribution in [3.63, 3.8) is 0 Å². The van der Waals surface area contributed by atoms with Gasteiger partial charge in [0.15, 0.2) is 28.3 Å². The summed E-state index contributed by atoms with van der Waals surface area (Å²) in [4.78, 5) is 17.0. The molecular weight excluding hydrogens is 586 g/mol. The van der Waals surface area contributed by atoms with Gasteiger partial charge >= 0.3 is 0 Å². The van der Waals surface area contributed by atoms with Crippen LogP contribution in [0.1, 0.15) is 22.3 Å². The van der Waals surface area contributed by atoms with Crippen molar-refractivity contribution in [2.45, 2.75) is 20.8 Å². The van der Waals surface area contributed by atoms with Crippen molar-refractivity contribution in [3.05, 3.63) is 112 Å². The fourth-order valence-electron chi connectivity index (χ4n) is 4.72. The van der Waals surface area contributed by atoms with Gasteiger partial charge in [0.1, 0.15) is 0 Å². The number of sulfonamides is 1. The van der Waals surface area contributed by atoms with E-state index in [4.69, 9.17) is 21.1 Å². The van der Waals surface area contributed by atoms with E-state index in [0.29, 0.717) is 5.75 Å². The smallest absolute Gasteiger partial charge is 0.256 e. The highest BCUT2D eigenvalue weighted by Crippen LogP contribution is 2.39. The van der Waals surface area contributed by atoms with Crippen molar-refractivity contribution in [3.8, 4) is 40.0 Å². The zero-order chi connectivity index (χ0) is 30.6. The molecule has 1 N–H and O–H groups in total. The Labute approximate surface area is 255 Å². The van der Waals surface area contributed by atoms with E-state index in [1.165, 1.54) is 19.5 Å². The summed E-state index contributed by atoms with van der Waals surface area (Å²) in [6, 6.07) is 20.3. The molecule has 5 aromatic rings. The summed E-state index contributed by atoms with van der Waals surface area (Å²) < 4.78 is 40.8. The third-order valence-electron chi connectivity index (χ3n) is 6.44. The molecule has 0 saturated heterocycles. The SMILES string of the molecule is COc1ccccc1Oc1c(Cl)nc(-c2ncccn2)nc1NS(=O)(=O)/C=C/c1ccccc1-c1c(C)cc(C)cc1C. The number of para-hydroxylation sites is 2. The van der Waals surface area contributed by atoms with Crippen LogP contribution in [0.3, 0.4) is 0 Å². The van der Waals surface area contributed by atoms with E-state index < -0.39 is 10.0 Å². The van der Waals surface area contributed by atoms with Crippen LogP contribution in [0.25, 0.3) is 28.9 Å². The van der Waals surface area contributed by atoms with Gasteiger partial charge < -0.3 is 9.47 Å². The van der Waals surface area contributed by atoms with Gasteiger partial charge in [-0.2, -0.15) is 0 Å². The third-order valence-corrected chi connectivity index (χ3v) is 7.67. The van der Waals surface area contributed by atoms with E-state index in [1.807, 2.05) is 38.1 Å². The minimum atomic E-state index is -4.14. The highest BCUT2D eigenvalue weighted by Gasteiger charge is 2.22. The van der Waals surface area contributed by atoms with Crippen molar-refractivity contribution in [1.82, 2.24) is 19.9 Å². The first kappa shape index (κ1) is 29.7. The molecule has 0 radical (unpaired) electrons. The standard InChI is InChI=1S/C32H28ClN5O4S/c1-20-18-21(2)27(22(3)19-20)24-11-6-5-10-23(24)14-17-43(39,40)38-30-28(42-26-13-8-7-12-25(26)41-4)29(33)36-32(37-30)31-34-15-9-16-35-31/h5-19H,1-4H3,(H,36,37,38)/b17-14+. The predicted molar refractivity (Wildman–Crippen MR) is 169 cm³/mol. The topological polar surface area (TPSA) is 116 Å². The summed E-state index contributed by atoms with van der Waals surface area (Å²) in [7, 11) is -2.65. The maximum atomic E-state index is 13.5. The molecular formula is C32H28ClN5O4S.